The highest BCUT2D eigenvalue weighted by molar-refractivity contribution is 7.99. The number of hydrogen-bond donors (Lipinski definition) is 4. The molecule has 0 unspecified atom stereocenters. The number of methoxy groups -OCH3 is 2. The second kappa shape index (κ2) is 8.76. The van der Waals surface area contributed by atoms with Gasteiger partial charge in [0.05, 0.1) is 33.2 Å². The zero-order chi connectivity index (χ0) is 20.1. The number of hydrogen-bond acceptors (Lipinski definition) is 9. The number of carbonyl (C=O) groups is 1. The molecule has 28 heavy (non-hydrogen) atoms. The summed E-state index contributed by atoms with van der Waals surface area (Å²) in [6.07, 6.45) is 1.51. The molecule has 0 bridgehead atoms. The van der Waals surface area contributed by atoms with Gasteiger partial charge in [0.25, 0.3) is 5.91 Å². The zero-order valence-corrected chi connectivity index (χ0v) is 16.1. The molecule has 1 atom stereocenters. The van der Waals surface area contributed by atoms with Crippen molar-refractivity contribution in [3.63, 3.8) is 0 Å². The van der Waals surface area contributed by atoms with Crippen LogP contribution in [0.2, 0.25) is 0 Å². The number of aromatic nitrogens is 4. The first kappa shape index (κ1) is 19.7. The number of fused-ring (bicyclic) bond motifs is 1. The molecule has 0 aliphatic heterocycles. The quantitative estimate of drug-likeness (QED) is 0.316. The highest BCUT2D eigenvalue weighted by Crippen LogP contribution is 2.28. The number of amides is 1. The Morgan fingerprint density at radius 3 is 2.82 bits per heavy atom. The predicted molar refractivity (Wildman–Crippen MR) is 105 cm³/mol. The van der Waals surface area contributed by atoms with Gasteiger partial charge in [0, 0.05) is 11.3 Å². The predicted octanol–water partition coefficient (Wildman–Crippen LogP) is 0.835. The summed E-state index contributed by atoms with van der Waals surface area (Å²) in [7, 11) is 3.02. The van der Waals surface area contributed by atoms with Gasteiger partial charge in [0.1, 0.15) is 10.5 Å². The molecule has 0 spiro atoms. The van der Waals surface area contributed by atoms with Crippen molar-refractivity contribution >= 4 is 34.8 Å². The van der Waals surface area contributed by atoms with Gasteiger partial charge in [0.2, 0.25) is 5.95 Å². The lowest BCUT2D eigenvalue weighted by molar-refractivity contribution is 0.0923. The maximum atomic E-state index is 12.5. The number of nitrogens with one attached hydrogen (secondary N) is 2. The van der Waals surface area contributed by atoms with Crippen LogP contribution in [0.3, 0.4) is 0 Å². The molecule has 3 rings (SSSR count). The Bertz CT molecular complexity index is 979. The molecule has 11 heteroatoms. The monoisotopic (exact) mass is 404 g/mol. The van der Waals surface area contributed by atoms with Gasteiger partial charge >= 0.3 is 0 Å². The molecule has 0 aliphatic carbocycles. The van der Waals surface area contributed by atoms with Crippen LogP contribution in [0.25, 0.3) is 11.2 Å². The van der Waals surface area contributed by atoms with Crippen LogP contribution in [0.1, 0.15) is 10.4 Å². The number of thioether (sulfide) groups is 1. The van der Waals surface area contributed by atoms with E-state index < -0.39 is 6.04 Å². The van der Waals surface area contributed by atoms with Crippen molar-refractivity contribution in [2.75, 3.05) is 32.3 Å². The van der Waals surface area contributed by atoms with Crippen LogP contribution < -0.4 is 20.5 Å². The van der Waals surface area contributed by atoms with Gasteiger partial charge in [0.15, 0.2) is 17.1 Å². The fraction of sp³-hybridized carbons (Fsp3) is 0.294. The number of anilines is 1. The number of nitrogens with two attached hydrogens (primary N) is 1. The molecule has 2 heterocycles. The summed E-state index contributed by atoms with van der Waals surface area (Å²) in [5, 5.41) is 13.0. The molecule has 0 saturated carbocycles. The van der Waals surface area contributed by atoms with Crippen molar-refractivity contribution in [1.29, 1.82) is 0 Å². The van der Waals surface area contributed by atoms with Gasteiger partial charge < -0.3 is 30.6 Å². The van der Waals surface area contributed by atoms with E-state index in [0.717, 1.165) is 0 Å². The first-order chi connectivity index (χ1) is 13.5. The van der Waals surface area contributed by atoms with Crippen LogP contribution in [-0.4, -0.2) is 63.6 Å². The number of carbonyl (C=O) groups excluding carboxylic acids is 1. The van der Waals surface area contributed by atoms with Crippen LogP contribution in [0, 0.1) is 0 Å². The maximum absolute atomic E-state index is 12.5. The number of rotatable bonds is 8. The van der Waals surface area contributed by atoms with Gasteiger partial charge in [-0.3, -0.25) is 4.79 Å². The lowest BCUT2D eigenvalue weighted by Crippen LogP contribution is -2.39. The Labute approximate surface area is 164 Å². The molecule has 3 aromatic rings. The molecule has 1 amide bonds. The lowest BCUT2D eigenvalue weighted by Gasteiger charge is -2.16. The van der Waals surface area contributed by atoms with E-state index in [1.807, 2.05) is 0 Å². The smallest absolute Gasteiger partial charge is 0.251 e. The first-order valence-electron chi connectivity index (χ1n) is 8.28. The van der Waals surface area contributed by atoms with Gasteiger partial charge in [-0.15, -0.1) is 11.8 Å². The Balaban J connectivity index is 1.68. The maximum Gasteiger partial charge on any atom is 0.251 e. The number of nitrogens with zero attached hydrogens (tertiary/aromatic N) is 3. The summed E-state index contributed by atoms with van der Waals surface area (Å²) in [6, 6.07) is 4.35. The fourth-order valence-electron chi connectivity index (χ4n) is 2.49. The fourth-order valence-corrected chi connectivity index (χ4v) is 3.49. The third kappa shape index (κ3) is 4.26. The van der Waals surface area contributed by atoms with E-state index in [1.54, 1.807) is 18.2 Å². The molecule has 0 radical (unpaired) electrons. The van der Waals surface area contributed by atoms with E-state index in [1.165, 1.54) is 32.3 Å². The summed E-state index contributed by atoms with van der Waals surface area (Å²) in [4.78, 5) is 27.8. The molecular weight excluding hydrogens is 384 g/mol. The summed E-state index contributed by atoms with van der Waals surface area (Å²) in [5.41, 5.74) is 7.21. The Hall–Kier alpha value is -3.05. The topological polar surface area (TPSA) is 148 Å². The van der Waals surface area contributed by atoms with Gasteiger partial charge in [-0.2, -0.15) is 4.98 Å². The molecule has 0 aliphatic rings. The number of imidazole rings is 1. The van der Waals surface area contributed by atoms with Crippen molar-refractivity contribution < 1.29 is 19.4 Å². The van der Waals surface area contributed by atoms with E-state index in [2.05, 4.69) is 25.3 Å². The minimum Gasteiger partial charge on any atom is -0.493 e. The largest absolute Gasteiger partial charge is 0.493 e. The molecule has 1 aromatic carbocycles. The Morgan fingerprint density at radius 2 is 2.11 bits per heavy atom. The normalized spacial score (nSPS) is 12.0. The minimum atomic E-state index is -0.500. The molecule has 10 nitrogen and oxygen atoms in total. The average molecular weight is 404 g/mol. The van der Waals surface area contributed by atoms with Crippen molar-refractivity contribution in [2.45, 2.75) is 11.1 Å². The summed E-state index contributed by atoms with van der Waals surface area (Å²) in [6.45, 7) is -0.237. The van der Waals surface area contributed by atoms with E-state index in [-0.39, 0.29) is 18.5 Å². The average Bonchev–Trinajstić information content (AvgIpc) is 3.18. The SMILES string of the molecule is COc1ccc(C(=O)N[C@@H](CO)CSc2nc(N)nc3nc[nH]c23)cc1OC. The lowest BCUT2D eigenvalue weighted by atomic mass is 10.1. The number of nitrogen functional groups attached to an aromatic ring is 1. The highest BCUT2D eigenvalue weighted by atomic mass is 32.2. The number of aliphatic hydroxyl groups is 1. The van der Waals surface area contributed by atoms with Crippen LogP contribution >= 0.6 is 11.8 Å². The molecule has 2 aromatic heterocycles. The van der Waals surface area contributed by atoms with Crippen molar-refractivity contribution in [3.8, 4) is 11.5 Å². The minimum absolute atomic E-state index is 0.108. The number of aromatic amines is 1. The summed E-state index contributed by atoms with van der Waals surface area (Å²) < 4.78 is 10.4. The first-order valence-corrected chi connectivity index (χ1v) is 9.27. The van der Waals surface area contributed by atoms with E-state index in [9.17, 15) is 9.90 Å². The molecule has 148 valence electrons. The van der Waals surface area contributed by atoms with Crippen molar-refractivity contribution in [1.82, 2.24) is 25.3 Å². The Kier molecular flexibility index (Phi) is 6.16. The summed E-state index contributed by atoms with van der Waals surface area (Å²) in [5.74, 6) is 1.12. The standard InChI is InChI=1S/C17H20N6O4S/c1-26-11-4-3-9(5-12(11)27-2)15(25)21-10(6-24)7-28-16-13-14(20-8-19-13)22-17(18)23-16/h3-5,8,10,24H,6-7H2,1-2H3,(H,21,25)(H3,18,19,20,22,23)/t10-/m0/s1. The van der Waals surface area contributed by atoms with Crippen LogP contribution in [0.4, 0.5) is 5.95 Å². The van der Waals surface area contributed by atoms with Crippen molar-refractivity contribution in [3.05, 3.63) is 30.1 Å². The molecule has 5 N–H and O–H groups in total. The number of aliphatic hydroxyl groups excluding tert-OH is 1. The zero-order valence-electron chi connectivity index (χ0n) is 15.3. The second-order valence-corrected chi connectivity index (χ2v) is 6.73. The molecular formula is C17H20N6O4S. The van der Waals surface area contributed by atoms with Crippen LogP contribution in [-0.2, 0) is 0 Å². The van der Waals surface area contributed by atoms with Gasteiger partial charge in [-0.25, -0.2) is 9.97 Å². The highest BCUT2D eigenvalue weighted by Gasteiger charge is 2.17. The third-order valence-electron chi connectivity index (χ3n) is 3.89. The van der Waals surface area contributed by atoms with Gasteiger partial charge in [-0.05, 0) is 18.2 Å². The van der Waals surface area contributed by atoms with E-state index in [4.69, 9.17) is 15.2 Å². The summed E-state index contributed by atoms with van der Waals surface area (Å²) >= 11 is 1.33. The van der Waals surface area contributed by atoms with Crippen LogP contribution in [0.5, 0.6) is 11.5 Å². The Morgan fingerprint density at radius 1 is 1.32 bits per heavy atom. The number of ether oxygens (including phenoxy) is 2. The van der Waals surface area contributed by atoms with E-state index in [0.29, 0.717) is 39.0 Å². The third-order valence-corrected chi connectivity index (χ3v) is 5.03. The second-order valence-electron chi connectivity index (χ2n) is 5.72. The van der Waals surface area contributed by atoms with Gasteiger partial charge in [-0.1, -0.05) is 0 Å². The number of benzene rings is 1. The van der Waals surface area contributed by atoms with Crippen LogP contribution in [0.15, 0.2) is 29.6 Å². The number of H-pyrrole nitrogens is 1. The van der Waals surface area contributed by atoms with Crippen molar-refractivity contribution in [2.24, 2.45) is 0 Å². The van der Waals surface area contributed by atoms with E-state index >= 15 is 0 Å². The molecule has 0 saturated heterocycles. The molecule has 0 fully saturated rings.